The summed E-state index contributed by atoms with van der Waals surface area (Å²) in [5.41, 5.74) is 1.66. The maximum absolute atomic E-state index is 11.6. The third-order valence-electron chi connectivity index (χ3n) is 3.21. The molecule has 21 heavy (non-hydrogen) atoms. The van der Waals surface area contributed by atoms with Crippen molar-refractivity contribution in [3.63, 3.8) is 0 Å². The Hall–Kier alpha value is -1.51. The van der Waals surface area contributed by atoms with Crippen LogP contribution in [0, 0.1) is 0 Å². The molecular formula is C13H12BNO4S2. The lowest BCUT2D eigenvalue weighted by atomic mass is 9.78. The van der Waals surface area contributed by atoms with Crippen molar-refractivity contribution in [3.05, 3.63) is 40.4 Å². The van der Waals surface area contributed by atoms with E-state index in [2.05, 4.69) is 4.98 Å². The van der Waals surface area contributed by atoms with Crippen LogP contribution in [0.15, 0.2) is 28.0 Å². The van der Waals surface area contributed by atoms with Crippen LogP contribution in [0.3, 0.4) is 0 Å². The molecule has 0 fully saturated rings. The maximum atomic E-state index is 11.6. The Labute approximate surface area is 130 Å². The topological polar surface area (TPSA) is 79.7 Å². The molecule has 0 amide bonds. The normalized spacial score (nSPS) is 13.7. The Balaban J connectivity index is 1.92. The minimum Gasteiger partial charge on any atom is -0.535 e. The molecule has 1 aromatic heterocycles. The molecule has 2 aromatic rings. The maximum Gasteiger partial charge on any atom is 0.522 e. The first-order chi connectivity index (χ1) is 10.1. The molecule has 1 aliphatic rings. The van der Waals surface area contributed by atoms with Crippen molar-refractivity contribution in [1.29, 1.82) is 0 Å². The number of fused-ring (bicyclic) bond motifs is 1. The molecule has 2 heterocycles. The number of rotatable bonds is 4. The van der Waals surface area contributed by atoms with Crippen molar-refractivity contribution in [3.8, 4) is 5.75 Å². The second kappa shape index (κ2) is 6.09. The van der Waals surface area contributed by atoms with E-state index in [-0.39, 0.29) is 5.56 Å². The molecule has 1 aromatic carbocycles. The van der Waals surface area contributed by atoms with Crippen LogP contribution in [0.25, 0.3) is 0 Å². The number of aryl methyl sites for hydroxylation is 1. The van der Waals surface area contributed by atoms with Crippen LogP contribution in [-0.4, -0.2) is 28.2 Å². The highest BCUT2D eigenvalue weighted by Gasteiger charge is 2.29. The van der Waals surface area contributed by atoms with Gasteiger partial charge in [-0.05, 0) is 23.9 Å². The van der Waals surface area contributed by atoms with Crippen molar-refractivity contribution >= 4 is 36.2 Å². The molecule has 1 aliphatic heterocycles. The van der Waals surface area contributed by atoms with Gasteiger partial charge in [-0.3, -0.25) is 0 Å². The zero-order valence-electron chi connectivity index (χ0n) is 11.0. The van der Waals surface area contributed by atoms with Crippen LogP contribution in [-0.2, 0) is 12.2 Å². The Morgan fingerprint density at radius 3 is 3.10 bits per heavy atom. The van der Waals surface area contributed by atoms with Crippen LogP contribution >= 0.6 is 23.1 Å². The van der Waals surface area contributed by atoms with Crippen LogP contribution < -0.4 is 4.65 Å². The first-order valence-corrected chi connectivity index (χ1v) is 8.26. The number of carboxylic acid groups (broad SMARTS) is 1. The van der Waals surface area contributed by atoms with Gasteiger partial charge < -0.3 is 14.8 Å². The lowest BCUT2D eigenvalue weighted by Crippen LogP contribution is -2.28. The van der Waals surface area contributed by atoms with Gasteiger partial charge in [0.05, 0.1) is 0 Å². The number of carboxylic acids is 1. The van der Waals surface area contributed by atoms with Gasteiger partial charge in [0.15, 0.2) is 0 Å². The van der Waals surface area contributed by atoms with Gasteiger partial charge in [0.1, 0.15) is 15.7 Å². The van der Waals surface area contributed by atoms with Crippen molar-refractivity contribution in [2.45, 2.75) is 22.8 Å². The highest BCUT2D eigenvalue weighted by molar-refractivity contribution is 8.00. The van der Waals surface area contributed by atoms with Crippen molar-refractivity contribution < 1.29 is 19.6 Å². The van der Waals surface area contributed by atoms with Gasteiger partial charge in [-0.2, -0.15) is 0 Å². The van der Waals surface area contributed by atoms with E-state index < -0.39 is 13.1 Å². The summed E-state index contributed by atoms with van der Waals surface area (Å²) in [6.45, 7) is 0. The number of aromatic carboxylic acids is 1. The first kappa shape index (κ1) is 14.4. The second-order valence-corrected chi connectivity index (χ2v) is 6.71. The summed E-state index contributed by atoms with van der Waals surface area (Å²) in [5.74, 6) is -0.226. The minimum absolute atomic E-state index is 0.148. The molecule has 5 nitrogen and oxygen atoms in total. The molecule has 3 rings (SSSR count). The summed E-state index contributed by atoms with van der Waals surface area (Å²) in [6, 6.07) is 3.70. The summed E-state index contributed by atoms with van der Waals surface area (Å²) >= 11 is 3.01. The van der Waals surface area contributed by atoms with E-state index in [0.717, 1.165) is 9.90 Å². The predicted octanol–water partition coefficient (Wildman–Crippen LogP) is 2.55. The number of hydrogen-bond donors (Lipinski definition) is 2. The Morgan fingerprint density at radius 2 is 2.38 bits per heavy atom. The fourth-order valence-corrected chi connectivity index (χ4v) is 3.88. The van der Waals surface area contributed by atoms with Gasteiger partial charge in [0, 0.05) is 17.3 Å². The summed E-state index contributed by atoms with van der Waals surface area (Å²) < 4.78 is 6.25. The Morgan fingerprint density at radius 1 is 1.52 bits per heavy atom. The number of benzene rings is 1. The predicted molar refractivity (Wildman–Crippen MR) is 82.2 cm³/mol. The molecule has 0 atom stereocenters. The number of aromatic nitrogens is 1. The largest absolute Gasteiger partial charge is 0.535 e. The standard InChI is InChI=1S/C13H12BNO4S2/c16-12(17)10-9(7-21-13-15-5-6-20-13)2-1-8-3-4-14(18)19-11(8)10/h1-2,5-6,18H,3-4,7H2,(H,16,17). The molecule has 0 saturated heterocycles. The van der Waals surface area contributed by atoms with E-state index in [0.29, 0.717) is 29.8 Å². The van der Waals surface area contributed by atoms with Gasteiger partial charge in [-0.15, -0.1) is 11.3 Å². The van der Waals surface area contributed by atoms with Crippen molar-refractivity contribution in [1.82, 2.24) is 4.98 Å². The molecule has 2 N–H and O–H groups in total. The Bertz CT molecular complexity index is 662. The van der Waals surface area contributed by atoms with Gasteiger partial charge in [0.2, 0.25) is 0 Å². The van der Waals surface area contributed by atoms with E-state index in [9.17, 15) is 14.9 Å². The molecule has 0 radical (unpaired) electrons. The van der Waals surface area contributed by atoms with Crippen LogP contribution in [0.5, 0.6) is 5.75 Å². The minimum atomic E-state index is -1.03. The summed E-state index contributed by atoms with van der Waals surface area (Å²) in [6.07, 6.45) is 2.83. The van der Waals surface area contributed by atoms with Gasteiger partial charge >= 0.3 is 13.1 Å². The van der Waals surface area contributed by atoms with Gasteiger partial charge in [0.25, 0.3) is 0 Å². The SMILES string of the molecule is O=C(O)c1c(CSc2nccs2)ccc2c1OB(O)CC2. The van der Waals surface area contributed by atoms with E-state index >= 15 is 0 Å². The molecule has 108 valence electrons. The van der Waals surface area contributed by atoms with E-state index in [1.807, 2.05) is 17.5 Å². The molecule has 0 spiro atoms. The molecular weight excluding hydrogens is 309 g/mol. The molecule has 0 aliphatic carbocycles. The van der Waals surface area contributed by atoms with Crippen LogP contribution in [0.2, 0.25) is 6.32 Å². The average Bonchev–Trinajstić information content (AvgIpc) is 2.97. The number of hydrogen-bond acceptors (Lipinski definition) is 6. The number of thioether (sulfide) groups is 1. The molecule has 0 saturated carbocycles. The first-order valence-electron chi connectivity index (χ1n) is 6.40. The van der Waals surface area contributed by atoms with E-state index in [1.54, 1.807) is 6.20 Å². The average molecular weight is 321 g/mol. The highest BCUT2D eigenvalue weighted by Crippen LogP contribution is 2.35. The summed E-state index contributed by atoms with van der Waals surface area (Å²) in [7, 11) is -0.933. The number of nitrogens with zero attached hydrogens (tertiary/aromatic N) is 1. The van der Waals surface area contributed by atoms with Crippen LogP contribution in [0.1, 0.15) is 21.5 Å². The van der Waals surface area contributed by atoms with Gasteiger partial charge in [-0.25, -0.2) is 9.78 Å². The number of carbonyl (C=O) groups is 1. The Kier molecular flexibility index (Phi) is 4.18. The van der Waals surface area contributed by atoms with E-state index in [4.69, 9.17) is 4.65 Å². The van der Waals surface area contributed by atoms with Crippen molar-refractivity contribution in [2.75, 3.05) is 0 Å². The van der Waals surface area contributed by atoms with Crippen LogP contribution in [0.4, 0.5) is 0 Å². The van der Waals surface area contributed by atoms with E-state index in [1.165, 1.54) is 23.1 Å². The molecule has 0 bridgehead atoms. The quantitative estimate of drug-likeness (QED) is 0.665. The summed E-state index contributed by atoms with van der Waals surface area (Å²) in [5, 5.41) is 21.0. The zero-order valence-corrected chi connectivity index (χ0v) is 12.6. The smallest absolute Gasteiger partial charge is 0.522 e. The third-order valence-corrected chi connectivity index (χ3v) is 5.23. The van der Waals surface area contributed by atoms with Gasteiger partial charge in [-0.1, -0.05) is 23.9 Å². The molecule has 0 unspecified atom stereocenters. The lowest BCUT2D eigenvalue weighted by molar-refractivity contribution is 0.0693. The third kappa shape index (κ3) is 3.07. The monoisotopic (exact) mass is 321 g/mol. The lowest BCUT2D eigenvalue weighted by Gasteiger charge is -2.22. The summed E-state index contributed by atoms with van der Waals surface area (Å²) in [4.78, 5) is 15.7. The second-order valence-electron chi connectivity index (χ2n) is 4.59. The molecule has 8 heteroatoms. The fourth-order valence-electron chi connectivity index (χ4n) is 2.25. The van der Waals surface area contributed by atoms with Crippen molar-refractivity contribution in [2.24, 2.45) is 0 Å². The number of thiazole rings is 1. The zero-order chi connectivity index (χ0) is 14.8. The fraction of sp³-hybridized carbons (Fsp3) is 0.231. The highest BCUT2D eigenvalue weighted by atomic mass is 32.2.